The summed E-state index contributed by atoms with van der Waals surface area (Å²) in [6, 6.07) is 21.8. The van der Waals surface area contributed by atoms with E-state index in [1.807, 2.05) is 24.3 Å². The maximum atomic E-state index is 12.8. The Hall–Kier alpha value is -4.40. The van der Waals surface area contributed by atoms with E-state index in [0.29, 0.717) is 21.9 Å². The zero-order valence-corrected chi connectivity index (χ0v) is 21.5. The molecular formula is C28H21Cl2N3O5. The maximum Gasteiger partial charge on any atom is 0.345 e. The van der Waals surface area contributed by atoms with E-state index in [1.54, 1.807) is 36.4 Å². The number of esters is 1. The van der Waals surface area contributed by atoms with Crippen LogP contribution in [0.2, 0.25) is 10.0 Å². The number of carbonyl (C=O) groups is 3. The second-order valence-electron chi connectivity index (χ2n) is 7.92. The van der Waals surface area contributed by atoms with E-state index in [4.69, 9.17) is 32.7 Å². The third-order valence-electron chi connectivity index (χ3n) is 5.43. The zero-order valence-electron chi connectivity index (χ0n) is 20.0. The van der Waals surface area contributed by atoms with Gasteiger partial charge >= 0.3 is 5.97 Å². The standard InChI is InChI=1S/C28H21Cl2N3O5/c1-37-20-10-6-18(7-11-20)27(35)31-16-26(34)33-32-15-23-21-5-3-2-4-17(21)8-13-25(23)38-28(36)22-12-9-19(29)14-24(22)30/h2-15H,16H2,1H3,(H,31,35)(H,33,34). The number of benzene rings is 4. The van der Waals surface area contributed by atoms with E-state index in [9.17, 15) is 14.4 Å². The molecule has 0 saturated heterocycles. The second-order valence-corrected chi connectivity index (χ2v) is 8.76. The number of ether oxygens (including phenoxy) is 2. The fourth-order valence-corrected chi connectivity index (χ4v) is 4.01. The number of nitrogens with zero attached hydrogens (tertiary/aromatic N) is 1. The fraction of sp³-hybridized carbons (Fsp3) is 0.0714. The number of hydrogen-bond acceptors (Lipinski definition) is 6. The number of hydrogen-bond donors (Lipinski definition) is 2. The molecule has 0 radical (unpaired) electrons. The average molecular weight is 550 g/mol. The monoisotopic (exact) mass is 549 g/mol. The highest BCUT2D eigenvalue weighted by Crippen LogP contribution is 2.29. The maximum absolute atomic E-state index is 12.8. The van der Waals surface area contributed by atoms with Gasteiger partial charge in [0.25, 0.3) is 11.8 Å². The number of amides is 2. The van der Waals surface area contributed by atoms with E-state index in [0.717, 1.165) is 10.8 Å². The van der Waals surface area contributed by atoms with Gasteiger partial charge in [0.05, 0.1) is 30.5 Å². The average Bonchev–Trinajstić information content (AvgIpc) is 2.92. The van der Waals surface area contributed by atoms with Crippen LogP contribution in [0.3, 0.4) is 0 Å². The topological polar surface area (TPSA) is 106 Å². The van der Waals surface area contributed by atoms with Crippen LogP contribution < -0.4 is 20.2 Å². The SMILES string of the molecule is COc1ccc(C(=O)NCC(=O)NN=Cc2c(OC(=O)c3ccc(Cl)cc3Cl)ccc3ccccc23)cc1. The van der Waals surface area contributed by atoms with Crippen molar-refractivity contribution in [2.45, 2.75) is 0 Å². The van der Waals surface area contributed by atoms with E-state index >= 15 is 0 Å². The molecule has 2 amide bonds. The Balaban J connectivity index is 1.46. The van der Waals surface area contributed by atoms with Crippen molar-refractivity contribution in [3.8, 4) is 11.5 Å². The smallest absolute Gasteiger partial charge is 0.345 e. The van der Waals surface area contributed by atoms with Crippen LogP contribution in [0.15, 0.2) is 84.0 Å². The Labute approximate surface area is 228 Å². The predicted octanol–water partition coefficient (Wildman–Crippen LogP) is 5.25. The van der Waals surface area contributed by atoms with Crippen LogP contribution in [0, 0.1) is 0 Å². The molecule has 2 N–H and O–H groups in total. The molecule has 8 nitrogen and oxygen atoms in total. The summed E-state index contributed by atoms with van der Waals surface area (Å²) in [5.41, 5.74) is 3.36. The molecule has 0 aliphatic rings. The molecule has 0 saturated carbocycles. The molecule has 0 aromatic heterocycles. The quantitative estimate of drug-likeness (QED) is 0.135. The summed E-state index contributed by atoms with van der Waals surface area (Å²) >= 11 is 12.1. The van der Waals surface area contributed by atoms with Crippen molar-refractivity contribution in [3.05, 3.63) is 106 Å². The third kappa shape index (κ3) is 6.47. The Morgan fingerprint density at radius 2 is 1.71 bits per heavy atom. The molecule has 4 aromatic carbocycles. The lowest BCUT2D eigenvalue weighted by Gasteiger charge is -2.11. The Morgan fingerprint density at radius 3 is 2.45 bits per heavy atom. The first kappa shape index (κ1) is 26.7. The molecular weight excluding hydrogens is 529 g/mol. The highest BCUT2D eigenvalue weighted by atomic mass is 35.5. The Bertz CT molecular complexity index is 1540. The lowest BCUT2D eigenvalue weighted by Crippen LogP contribution is -2.34. The largest absolute Gasteiger partial charge is 0.497 e. The van der Waals surface area contributed by atoms with Gasteiger partial charge in [-0.1, -0.05) is 53.5 Å². The normalized spacial score (nSPS) is 10.8. The summed E-state index contributed by atoms with van der Waals surface area (Å²) in [5, 5.41) is 8.69. The predicted molar refractivity (Wildman–Crippen MR) is 146 cm³/mol. The fourth-order valence-electron chi connectivity index (χ4n) is 3.52. The molecule has 0 unspecified atom stereocenters. The van der Waals surface area contributed by atoms with Gasteiger partial charge in [-0.15, -0.1) is 0 Å². The molecule has 0 aliphatic carbocycles. The molecule has 0 spiro atoms. The van der Waals surface area contributed by atoms with Crippen LogP contribution >= 0.6 is 23.2 Å². The number of halogens is 2. The second kappa shape index (κ2) is 12.2. The lowest BCUT2D eigenvalue weighted by atomic mass is 10.0. The number of nitrogens with one attached hydrogen (secondary N) is 2. The minimum atomic E-state index is -0.679. The summed E-state index contributed by atoms with van der Waals surface area (Å²) in [5.74, 6) is -0.818. The van der Waals surface area contributed by atoms with Gasteiger partial charge in [0, 0.05) is 16.1 Å². The van der Waals surface area contributed by atoms with Gasteiger partial charge in [0.15, 0.2) is 0 Å². The molecule has 4 aromatic rings. The molecule has 38 heavy (non-hydrogen) atoms. The molecule has 0 bridgehead atoms. The molecule has 10 heteroatoms. The first-order valence-electron chi connectivity index (χ1n) is 11.3. The van der Waals surface area contributed by atoms with Crippen molar-refractivity contribution in [2.75, 3.05) is 13.7 Å². The lowest BCUT2D eigenvalue weighted by molar-refractivity contribution is -0.120. The molecule has 0 aliphatic heterocycles. The van der Waals surface area contributed by atoms with Gasteiger partial charge in [-0.2, -0.15) is 5.10 Å². The summed E-state index contributed by atoms with van der Waals surface area (Å²) in [4.78, 5) is 37.3. The highest BCUT2D eigenvalue weighted by Gasteiger charge is 2.16. The molecule has 0 heterocycles. The van der Waals surface area contributed by atoms with E-state index in [-0.39, 0.29) is 22.9 Å². The highest BCUT2D eigenvalue weighted by molar-refractivity contribution is 6.36. The van der Waals surface area contributed by atoms with Gasteiger partial charge in [-0.3, -0.25) is 9.59 Å². The van der Waals surface area contributed by atoms with Crippen molar-refractivity contribution >= 4 is 58.0 Å². The van der Waals surface area contributed by atoms with Gasteiger partial charge < -0.3 is 14.8 Å². The molecule has 4 rings (SSSR count). The number of fused-ring (bicyclic) bond motifs is 1. The minimum absolute atomic E-state index is 0.146. The van der Waals surface area contributed by atoms with Crippen LogP contribution in [0.25, 0.3) is 10.8 Å². The summed E-state index contributed by atoms with van der Waals surface area (Å²) < 4.78 is 10.7. The van der Waals surface area contributed by atoms with Gasteiger partial charge in [-0.25, -0.2) is 10.2 Å². The van der Waals surface area contributed by atoms with Gasteiger partial charge in [0.1, 0.15) is 11.5 Å². The summed E-state index contributed by atoms with van der Waals surface area (Å²) in [7, 11) is 1.53. The van der Waals surface area contributed by atoms with Gasteiger partial charge in [0.2, 0.25) is 0 Å². The van der Waals surface area contributed by atoms with Crippen molar-refractivity contribution in [3.63, 3.8) is 0 Å². The first-order chi connectivity index (χ1) is 18.4. The van der Waals surface area contributed by atoms with Crippen LogP contribution in [0.1, 0.15) is 26.3 Å². The summed E-state index contributed by atoms with van der Waals surface area (Å²) in [6.07, 6.45) is 1.37. The van der Waals surface area contributed by atoms with Crippen LogP contribution in [-0.4, -0.2) is 37.7 Å². The first-order valence-corrected chi connectivity index (χ1v) is 12.0. The number of hydrazone groups is 1. The Morgan fingerprint density at radius 1 is 0.947 bits per heavy atom. The van der Waals surface area contributed by atoms with E-state index in [1.165, 1.54) is 31.5 Å². The Kier molecular flexibility index (Phi) is 8.58. The molecule has 0 fully saturated rings. The van der Waals surface area contributed by atoms with Crippen LogP contribution in [0.4, 0.5) is 0 Å². The number of carbonyl (C=O) groups excluding carboxylic acids is 3. The molecule has 0 atom stereocenters. The zero-order chi connectivity index (χ0) is 27.1. The van der Waals surface area contributed by atoms with Crippen molar-refractivity contribution in [1.82, 2.24) is 10.7 Å². The molecule has 192 valence electrons. The van der Waals surface area contributed by atoms with Crippen molar-refractivity contribution in [1.29, 1.82) is 0 Å². The van der Waals surface area contributed by atoms with Crippen LogP contribution in [0.5, 0.6) is 11.5 Å². The van der Waals surface area contributed by atoms with E-state index < -0.39 is 17.8 Å². The number of methoxy groups -OCH3 is 1. The van der Waals surface area contributed by atoms with Gasteiger partial charge in [-0.05, 0) is 59.3 Å². The van der Waals surface area contributed by atoms with Crippen molar-refractivity contribution < 1.29 is 23.9 Å². The number of rotatable bonds is 8. The third-order valence-corrected chi connectivity index (χ3v) is 5.98. The summed E-state index contributed by atoms with van der Waals surface area (Å²) in [6.45, 7) is -0.297. The van der Waals surface area contributed by atoms with E-state index in [2.05, 4.69) is 15.8 Å². The van der Waals surface area contributed by atoms with Crippen LogP contribution in [-0.2, 0) is 4.79 Å². The van der Waals surface area contributed by atoms with Crippen molar-refractivity contribution in [2.24, 2.45) is 5.10 Å². The minimum Gasteiger partial charge on any atom is -0.497 e.